The number of nitrogens with zero attached hydrogens (tertiary/aromatic N) is 1. The minimum Gasteiger partial charge on any atom is -0.492 e. The highest BCUT2D eigenvalue weighted by Crippen LogP contribution is 2.39. The van der Waals surface area contributed by atoms with Gasteiger partial charge in [0.1, 0.15) is 11.1 Å². The summed E-state index contributed by atoms with van der Waals surface area (Å²) in [6, 6.07) is 15.0. The lowest BCUT2D eigenvalue weighted by atomic mass is 10.2. The summed E-state index contributed by atoms with van der Waals surface area (Å²) < 4.78 is 5.57. The van der Waals surface area contributed by atoms with Crippen molar-refractivity contribution in [2.45, 2.75) is 12.3 Å². The van der Waals surface area contributed by atoms with E-state index in [1.54, 1.807) is 11.8 Å². The highest BCUT2D eigenvalue weighted by Gasteiger charge is 2.31. The summed E-state index contributed by atoms with van der Waals surface area (Å²) in [4.78, 5) is 14.6. The lowest BCUT2D eigenvalue weighted by Gasteiger charge is -2.25. The second kappa shape index (κ2) is 7.81. The van der Waals surface area contributed by atoms with Gasteiger partial charge in [-0.25, -0.2) is 4.79 Å². The maximum absolute atomic E-state index is 12.8. The van der Waals surface area contributed by atoms with Crippen LogP contribution in [0.2, 0.25) is 5.02 Å². The van der Waals surface area contributed by atoms with E-state index in [0.29, 0.717) is 29.6 Å². The van der Waals surface area contributed by atoms with Crippen LogP contribution in [0.5, 0.6) is 5.75 Å². The molecule has 1 aliphatic rings. The number of thioether (sulfide) groups is 1. The molecule has 0 spiro atoms. The van der Waals surface area contributed by atoms with Gasteiger partial charge in [-0.3, -0.25) is 0 Å². The summed E-state index contributed by atoms with van der Waals surface area (Å²) in [5.74, 6) is 1.58. The van der Waals surface area contributed by atoms with Gasteiger partial charge >= 0.3 is 6.03 Å². The van der Waals surface area contributed by atoms with Crippen LogP contribution in [0.3, 0.4) is 0 Å². The molecule has 4 nitrogen and oxygen atoms in total. The van der Waals surface area contributed by atoms with E-state index in [9.17, 15) is 4.79 Å². The lowest BCUT2D eigenvalue weighted by molar-refractivity contribution is 0.214. The molecule has 1 N–H and O–H groups in total. The summed E-state index contributed by atoms with van der Waals surface area (Å²) in [5.41, 5.74) is 1.73. The van der Waals surface area contributed by atoms with Crippen molar-refractivity contribution in [1.82, 2.24) is 4.90 Å². The Bertz CT molecular complexity index is 726. The molecule has 0 bridgehead atoms. The van der Waals surface area contributed by atoms with Crippen LogP contribution in [0.1, 0.15) is 17.9 Å². The number of amides is 2. The predicted octanol–water partition coefficient (Wildman–Crippen LogP) is 5.02. The van der Waals surface area contributed by atoms with Crippen molar-refractivity contribution in [3.8, 4) is 5.75 Å². The first-order valence-corrected chi connectivity index (χ1v) is 9.28. The Hall–Kier alpha value is -1.85. The topological polar surface area (TPSA) is 41.6 Å². The van der Waals surface area contributed by atoms with Crippen molar-refractivity contribution in [2.75, 3.05) is 24.2 Å². The number of benzene rings is 2. The van der Waals surface area contributed by atoms with Crippen LogP contribution >= 0.6 is 23.4 Å². The van der Waals surface area contributed by atoms with Gasteiger partial charge in [-0.15, -0.1) is 11.8 Å². The summed E-state index contributed by atoms with van der Waals surface area (Å²) >= 11 is 7.83. The molecule has 126 valence electrons. The van der Waals surface area contributed by atoms with Crippen LogP contribution in [0.15, 0.2) is 48.5 Å². The van der Waals surface area contributed by atoms with Gasteiger partial charge in [-0.05, 0) is 36.8 Å². The summed E-state index contributed by atoms with van der Waals surface area (Å²) in [6.07, 6.45) is 0. The molecule has 0 aliphatic carbocycles. The molecule has 2 aromatic rings. The van der Waals surface area contributed by atoms with Gasteiger partial charge in [0.05, 0.1) is 12.3 Å². The number of carbonyl (C=O) groups excluding carboxylic acids is 1. The Balaban J connectivity index is 1.77. The first-order valence-electron chi connectivity index (χ1n) is 7.85. The molecule has 1 heterocycles. The number of rotatable bonds is 4. The fourth-order valence-corrected chi connectivity index (χ4v) is 4.10. The van der Waals surface area contributed by atoms with E-state index in [1.807, 2.05) is 60.4 Å². The predicted molar refractivity (Wildman–Crippen MR) is 100.0 cm³/mol. The molecule has 0 saturated carbocycles. The fraction of sp³-hybridized carbons (Fsp3) is 0.278. The molecular weight excluding hydrogens is 344 g/mol. The highest BCUT2D eigenvalue weighted by atomic mass is 35.5. The number of urea groups is 1. The molecule has 6 heteroatoms. The van der Waals surface area contributed by atoms with Crippen LogP contribution in [0.25, 0.3) is 0 Å². The van der Waals surface area contributed by atoms with Gasteiger partial charge in [0.25, 0.3) is 0 Å². The second-order valence-electron chi connectivity index (χ2n) is 5.33. The van der Waals surface area contributed by atoms with Crippen LogP contribution < -0.4 is 10.1 Å². The Kier molecular flexibility index (Phi) is 5.53. The Morgan fingerprint density at radius 2 is 2.17 bits per heavy atom. The number of ether oxygens (including phenoxy) is 1. The van der Waals surface area contributed by atoms with E-state index >= 15 is 0 Å². The molecule has 1 unspecified atom stereocenters. The second-order valence-corrected chi connectivity index (χ2v) is 6.96. The standard InChI is InChI=1S/C18H19ClN2O2S/c1-2-23-16-9-4-3-8-15(16)20-18(22)21-10-11-24-17(21)13-6-5-7-14(19)12-13/h3-9,12,17H,2,10-11H2,1H3,(H,20,22). The molecule has 2 aromatic carbocycles. The van der Waals surface area contributed by atoms with Crippen LogP contribution in [0, 0.1) is 0 Å². The maximum atomic E-state index is 12.8. The highest BCUT2D eigenvalue weighted by molar-refractivity contribution is 7.99. The Labute approximate surface area is 151 Å². The lowest BCUT2D eigenvalue weighted by Crippen LogP contribution is -2.34. The average molecular weight is 363 g/mol. The van der Waals surface area contributed by atoms with E-state index in [0.717, 1.165) is 11.3 Å². The molecule has 1 atom stereocenters. The van der Waals surface area contributed by atoms with Gasteiger partial charge in [0, 0.05) is 17.3 Å². The van der Waals surface area contributed by atoms with Crippen LogP contribution in [-0.2, 0) is 0 Å². The fourth-order valence-electron chi connectivity index (χ4n) is 2.65. The monoisotopic (exact) mass is 362 g/mol. The minimum atomic E-state index is -0.128. The van der Waals surface area contributed by atoms with Crippen molar-refractivity contribution in [1.29, 1.82) is 0 Å². The summed E-state index contributed by atoms with van der Waals surface area (Å²) in [5, 5.41) is 3.62. The van der Waals surface area contributed by atoms with E-state index < -0.39 is 0 Å². The smallest absolute Gasteiger partial charge is 0.323 e. The number of anilines is 1. The molecule has 1 saturated heterocycles. The summed E-state index contributed by atoms with van der Waals surface area (Å²) in [6.45, 7) is 3.17. The van der Waals surface area contributed by atoms with Gasteiger partial charge < -0.3 is 15.0 Å². The molecule has 0 radical (unpaired) electrons. The van der Waals surface area contributed by atoms with Crippen molar-refractivity contribution < 1.29 is 9.53 Å². The minimum absolute atomic E-state index is 0.0250. The van der Waals surface area contributed by atoms with Gasteiger partial charge in [0.15, 0.2) is 0 Å². The van der Waals surface area contributed by atoms with Crippen molar-refractivity contribution in [2.24, 2.45) is 0 Å². The van der Waals surface area contributed by atoms with Gasteiger partial charge in [0.2, 0.25) is 0 Å². The van der Waals surface area contributed by atoms with Crippen LogP contribution in [0.4, 0.5) is 10.5 Å². The third-order valence-corrected chi connectivity index (χ3v) is 5.21. The molecular formula is C18H19ClN2O2S. The largest absolute Gasteiger partial charge is 0.492 e. The zero-order valence-corrected chi connectivity index (χ0v) is 14.9. The molecule has 2 amide bonds. The molecule has 24 heavy (non-hydrogen) atoms. The average Bonchev–Trinajstić information content (AvgIpc) is 3.07. The number of para-hydroxylation sites is 2. The van der Waals surface area contributed by atoms with Crippen molar-refractivity contribution in [3.05, 3.63) is 59.1 Å². The number of carbonyl (C=O) groups is 1. The van der Waals surface area contributed by atoms with Crippen molar-refractivity contribution >= 4 is 35.1 Å². The molecule has 1 aliphatic heterocycles. The number of halogens is 1. The van der Waals surface area contributed by atoms with Crippen LogP contribution in [-0.4, -0.2) is 29.8 Å². The van der Waals surface area contributed by atoms with E-state index in [1.165, 1.54) is 0 Å². The quantitative estimate of drug-likeness (QED) is 0.830. The zero-order chi connectivity index (χ0) is 16.9. The van der Waals surface area contributed by atoms with E-state index in [2.05, 4.69) is 5.32 Å². The van der Waals surface area contributed by atoms with Crippen molar-refractivity contribution in [3.63, 3.8) is 0 Å². The van der Waals surface area contributed by atoms with E-state index in [-0.39, 0.29) is 11.4 Å². The normalized spacial score (nSPS) is 16.9. The first kappa shape index (κ1) is 17.0. The third-order valence-electron chi connectivity index (χ3n) is 3.71. The Morgan fingerprint density at radius 1 is 1.33 bits per heavy atom. The molecule has 0 aromatic heterocycles. The van der Waals surface area contributed by atoms with Gasteiger partial charge in [-0.1, -0.05) is 35.9 Å². The molecule has 3 rings (SSSR count). The number of hydrogen-bond acceptors (Lipinski definition) is 3. The SMILES string of the molecule is CCOc1ccccc1NC(=O)N1CCSC1c1cccc(Cl)c1. The zero-order valence-electron chi connectivity index (χ0n) is 13.4. The first-order chi connectivity index (χ1) is 11.7. The molecule has 1 fully saturated rings. The number of hydrogen-bond donors (Lipinski definition) is 1. The maximum Gasteiger partial charge on any atom is 0.323 e. The number of nitrogens with one attached hydrogen (secondary N) is 1. The van der Waals surface area contributed by atoms with Gasteiger partial charge in [-0.2, -0.15) is 0 Å². The summed E-state index contributed by atoms with van der Waals surface area (Å²) in [7, 11) is 0. The third kappa shape index (κ3) is 3.79. The van der Waals surface area contributed by atoms with E-state index in [4.69, 9.17) is 16.3 Å². The Morgan fingerprint density at radius 3 is 2.96 bits per heavy atom.